The molecule has 1 aliphatic rings. The number of nitrogens with two attached hydrogens (primary N) is 1. The summed E-state index contributed by atoms with van der Waals surface area (Å²) in [6.07, 6.45) is 3.42. The Hall–Kier alpha value is -2.60. The van der Waals surface area contributed by atoms with E-state index in [0.717, 1.165) is 16.7 Å². The van der Waals surface area contributed by atoms with Gasteiger partial charge in [0.2, 0.25) is 5.91 Å². The Labute approximate surface area is 134 Å². The van der Waals surface area contributed by atoms with Gasteiger partial charge < -0.3 is 20.5 Å². The van der Waals surface area contributed by atoms with Gasteiger partial charge in [-0.2, -0.15) is 0 Å². The molecule has 2 aromatic rings. The Morgan fingerprint density at radius 3 is 2.96 bits per heavy atom. The average molecular weight is 313 g/mol. The zero-order chi connectivity index (χ0) is 16.4. The highest BCUT2D eigenvalue weighted by atomic mass is 16.5. The lowest BCUT2D eigenvalue weighted by Gasteiger charge is -2.22. The summed E-state index contributed by atoms with van der Waals surface area (Å²) < 4.78 is 5.63. The molecule has 0 unspecified atom stereocenters. The first-order valence-electron chi connectivity index (χ1n) is 7.49. The predicted molar refractivity (Wildman–Crippen MR) is 85.9 cm³/mol. The molecule has 3 N–H and O–H groups in total. The molecule has 0 bridgehead atoms. The molecule has 0 aliphatic carbocycles. The SMILES string of the molecule is C[C@@H](N)C(=O)N1CCOc2c(O)cc(-c3cccnc3)cc2C1. The molecule has 0 saturated carbocycles. The van der Waals surface area contributed by atoms with Crippen molar-refractivity contribution in [1.82, 2.24) is 9.88 Å². The van der Waals surface area contributed by atoms with E-state index in [2.05, 4.69) is 4.98 Å². The summed E-state index contributed by atoms with van der Waals surface area (Å²) in [5.74, 6) is 0.363. The Balaban J connectivity index is 1.99. The van der Waals surface area contributed by atoms with Gasteiger partial charge in [0.1, 0.15) is 6.61 Å². The Morgan fingerprint density at radius 1 is 1.43 bits per heavy atom. The number of amides is 1. The van der Waals surface area contributed by atoms with E-state index in [-0.39, 0.29) is 11.7 Å². The highest BCUT2D eigenvalue weighted by Crippen LogP contribution is 2.37. The topological polar surface area (TPSA) is 88.7 Å². The Morgan fingerprint density at radius 2 is 2.26 bits per heavy atom. The van der Waals surface area contributed by atoms with Crippen LogP contribution < -0.4 is 10.5 Å². The fourth-order valence-electron chi connectivity index (χ4n) is 2.68. The van der Waals surface area contributed by atoms with Crippen molar-refractivity contribution in [3.63, 3.8) is 0 Å². The largest absolute Gasteiger partial charge is 0.504 e. The van der Waals surface area contributed by atoms with Gasteiger partial charge >= 0.3 is 0 Å². The number of hydrogen-bond donors (Lipinski definition) is 2. The summed E-state index contributed by atoms with van der Waals surface area (Å²) in [5, 5.41) is 10.3. The van der Waals surface area contributed by atoms with E-state index < -0.39 is 6.04 Å². The maximum absolute atomic E-state index is 12.2. The molecule has 23 heavy (non-hydrogen) atoms. The van der Waals surface area contributed by atoms with Crippen molar-refractivity contribution in [2.45, 2.75) is 19.5 Å². The fourth-order valence-corrected chi connectivity index (χ4v) is 2.68. The van der Waals surface area contributed by atoms with Gasteiger partial charge in [0.05, 0.1) is 12.6 Å². The number of fused-ring (bicyclic) bond motifs is 1. The van der Waals surface area contributed by atoms with Crippen molar-refractivity contribution in [3.8, 4) is 22.6 Å². The molecule has 1 aromatic carbocycles. The quantitative estimate of drug-likeness (QED) is 0.877. The van der Waals surface area contributed by atoms with Crippen LogP contribution in [0.4, 0.5) is 0 Å². The van der Waals surface area contributed by atoms with Crippen LogP contribution >= 0.6 is 0 Å². The molecule has 120 valence electrons. The first-order chi connectivity index (χ1) is 11.1. The zero-order valence-electron chi connectivity index (χ0n) is 12.9. The van der Waals surface area contributed by atoms with Gasteiger partial charge in [0.25, 0.3) is 0 Å². The predicted octanol–water partition coefficient (Wildman–Crippen LogP) is 1.52. The summed E-state index contributed by atoms with van der Waals surface area (Å²) >= 11 is 0. The van der Waals surface area contributed by atoms with Crippen molar-refractivity contribution >= 4 is 5.91 Å². The van der Waals surface area contributed by atoms with Crippen molar-refractivity contribution in [1.29, 1.82) is 0 Å². The van der Waals surface area contributed by atoms with Gasteiger partial charge in [-0.15, -0.1) is 0 Å². The van der Waals surface area contributed by atoms with Crippen LogP contribution in [0.2, 0.25) is 0 Å². The van der Waals surface area contributed by atoms with E-state index in [9.17, 15) is 9.90 Å². The van der Waals surface area contributed by atoms with E-state index in [1.54, 1.807) is 30.3 Å². The molecule has 1 atom stereocenters. The number of carbonyl (C=O) groups is 1. The molecular formula is C17H19N3O3. The minimum Gasteiger partial charge on any atom is -0.504 e. The molecule has 6 heteroatoms. The smallest absolute Gasteiger partial charge is 0.239 e. The van der Waals surface area contributed by atoms with Crippen LogP contribution in [0.25, 0.3) is 11.1 Å². The molecule has 1 aliphatic heterocycles. The minimum absolute atomic E-state index is 0.0662. The third-order valence-electron chi connectivity index (χ3n) is 3.81. The lowest BCUT2D eigenvalue weighted by atomic mass is 10.0. The summed E-state index contributed by atoms with van der Waals surface area (Å²) in [4.78, 5) is 17.9. The van der Waals surface area contributed by atoms with E-state index in [1.165, 1.54) is 0 Å². The number of nitrogens with zero attached hydrogens (tertiary/aromatic N) is 2. The Kier molecular flexibility index (Phi) is 4.16. The van der Waals surface area contributed by atoms with Gasteiger partial charge in [-0.05, 0) is 30.7 Å². The number of benzene rings is 1. The standard InChI is InChI=1S/C17H19N3O3/c1-11(18)17(22)20-5-6-23-16-14(10-20)7-13(8-15(16)21)12-3-2-4-19-9-12/h2-4,7-9,11,21H,5-6,10,18H2,1H3/t11-/m1/s1. The fraction of sp³-hybridized carbons (Fsp3) is 0.294. The Bertz CT molecular complexity index is 717. The number of rotatable bonds is 2. The second-order valence-electron chi connectivity index (χ2n) is 5.62. The zero-order valence-corrected chi connectivity index (χ0v) is 12.9. The number of phenolic OH excluding ortho intramolecular Hbond substituents is 1. The number of pyridine rings is 1. The molecular weight excluding hydrogens is 294 g/mol. The normalized spacial score (nSPS) is 15.3. The molecule has 3 rings (SSSR count). The number of ether oxygens (including phenoxy) is 1. The van der Waals surface area contributed by atoms with Gasteiger partial charge in [0, 0.05) is 30.1 Å². The molecule has 0 spiro atoms. The van der Waals surface area contributed by atoms with Crippen molar-refractivity contribution in [2.24, 2.45) is 5.73 Å². The second kappa shape index (κ2) is 6.26. The van der Waals surface area contributed by atoms with Crippen molar-refractivity contribution in [2.75, 3.05) is 13.2 Å². The summed E-state index contributed by atoms with van der Waals surface area (Å²) in [5.41, 5.74) is 8.17. The highest BCUT2D eigenvalue weighted by molar-refractivity contribution is 5.81. The van der Waals surface area contributed by atoms with Gasteiger partial charge in [-0.3, -0.25) is 9.78 Å². The second-order valence-corrected chi connectivity index (χ2v) is 5.62. The summed E-state index contributed by atoms with van der Waals surface area (Å²) in [6, 6.07) is 6.75. The first-order valence-corrected chi connectivity index (χ1v) is 7.49. The van der Waals surface area contributed by atoms with Crippen LogP contribution in [0.5, 0.6) is 11.5 Å². The van der Waals surface area contributed by atoms with E-state index in [0.29, 0.717) is 25.4 Å². The number of aromatic hydroxyl groups is 1. The third-order valence-corrected chi connectivity index (χ3v) is 3.81. The highest BCUT2D eigenvalue weighted by Gasteiger charge is 2.24. The number of carbonyl (C=O) groups excluding carboxylic acids is 1. The van der Waals surface area contributed by atoms with Gasteiger partial charge in [-0.25, -0.2) is 0 Å². The van der Waals surface area contributed by atoms with E-state index >= 15 is 0 Å². The molecule has 1 amide bonds. The van der Waals surface area contributed by atoms with Crippen molar-refractivity contribution in [3.05, 3.63) is 42.2 Å². The van der Waals surface area contributed by atoms with Crippen LogP contribution in [0.3, 0.4) is 0 Å². The number of hydrogen-bond acceptors (Lipinski definition) is 5. The number of aromatic nitrogens is 1. The molecule has 0 fully saturated rings. The third kappa shape index (κ3) is 3.12. The van der Waals surface area contributed by atoms with E-state index in [1.807, 2.05) is 18.2 Å². The molecule has 6 nitrogen and oxygen atoms in total. The van der Waals surface area contributed by atoms with Gasteiger partial charge in [0.15, 0.2) is 11.5 Å². The molecule has 2 heterocycles. The summed E-state index contributed by atoms with van der Waals surface area (Å²) in [7, 11) is 0. The van der Waals surface area contributed by atoms with Crippen LogP contribution in [-0.4, -0.2) is 40.1 Å². The average Bonchev–Trinajstić information content (AvgIpc) is 2.77. The number of phenols is 1. The van der Waals surface area contributed by atoms with E-state index in [4.69, 9.17) is 10.5 Å². The molecule has 0 saturated heterocycles. The summed E-state index contributed by atoms with van der Waals surface area (Å²) in [6.45, 7) is 2.79. The monoisotopic (exact) mass is 313 g/mol. The minimum atomic E-state index is -0.563. The van der Waals surface area contributed by atoms with Crippen molar-refractivity contribution < 1.29 is 14.6 Å². The molecule has 0 radical (unpaired) electrons. The lowest BCUT2D eigenvalue weighted by Crippen LogP contribution is -2.42. The van der Waals surface area contributed by atoms with Crippen LogP contribution in [0.15, 0.2) is 36.7 Å². The van der Waals surface area contributed by atoms with Gasteiger partial charge in [-0.1, -0.05) is 6.07 Å². The van der Waals surface area contributed by atoms with Crippen LogP contribution in [-0.2, 0) is 11.3 Å². The maximum Gasteiger partial charge on any atom is 0.239 e. The van der Waals surface area contributed by atoms with Crippen LogP contribution in [0.1, 0.15) is 12.5 Å². The maximum atomic E-state index is 12.2. The van der Waals surface area contributed by atoms with Crippen LogP contribution in [0, 0.1) is 0 Å². The first kappa shape index (κ1) is 15.3. The molecule has 1 aromatic heterocycles. The lowest BCUT2D eigenvalue weighted by molar-refractivity contribution is -0.132.